The van der Waals surface area contributed by atoms with Crippen LogP contribution in [0.5, 0.6) is 11.5 Å². The van der Waals surface area contributed by atoms with E-state index in [0.29, 0.717) is 6.42 Å². The van der Waals surface area contributed by atoms with Crippen LogP contribution in [0.25, 0.3) is 5.57 Å². The molecule has 1 aromatic carbocycles. The van der Waals surface area contributed by atoms with Crippen molar-refractivity contribution in [3.8, 4) is 11.5 Å². The highest BCUT2D eigenvalue weighted by atomic mass is 16.7. The van der Waals surface area contributed by atoms with Crippen molar-refractivity contribution in [2.24, 2.45) is 0 Å². The number of benzene rings is 1. The lowest BCUT2D eigenvalue weighted by molar-refractivity contribution is -0.137. The lowest BCUT2D eigenvalue weighted by atomic mass is 9.97. The average Bonchev–Trinajstić information content (AvgIpc) is 3.06. The first-order valence-corrected chi connectivity index (χ1v) is 7.96. The van der Waals surface area contributed by atoms with Gasteiger partial charge in [0, 0.05) is 24.4 Å². The molecule has 124 valence electrons. The zero-order valence-corrected chi connectivity index (χ0v) is 13.3. The summed E-state index contributed by atoms with van der Waals surface area (Å²) in [6.07, 6.45) is 8.23. The number of unbranched alkanes of at least 4 members (excludes halogenated alkanes) is 2. The zero-order valence-electron chi connectivity index (χ0n) is 13.3. The Balaban J connectivity index is 1.81. The van der Waals surface area contributed by atoms with Gasteiger partial charge in [0.05, 0.1) is 0 Å². The van der Waals surface area contributed by atoms with Gasteiger partial charge in [-0.25, -0.2) is 0 Å². The SMILES string of the molecule is O=C(O)CCCC/C=C(\c1cccnc1)c1ccc2c(c1)OCO2. The van der Waals surface area contributed by atoms with Gasteiger partial charge in [-0.15, -0.1) is 0 Å². The number of aliphatic carboxylic acids is 1. The lowest BCUT2D eigenvalue weighted by Crippen LogP contribution is -1.94. The van der Waals surface area contributed by atoms with Crippen molar-refractivity contribution in [2.75, 3.05) is 6.79 Å². The first-order valence-electron chi connectivity index (χ1n) is 7.96. The Morgan fingerprint density at radius 2 is 2.04 bits per heavy atom. The Kier molecular flexibility index (Phi) is 5.11. The number of carbonyl (C=O) groups is 1. The van der Waals surface area contributed by atoms with E-state index >= 15 is 0 Å². The maximum atomic E-state index is 10.6. The molecule has 3 rings (SSSR count). The summed E-state index contributed by atoms with van der Waals surface area (Å²) in [5, 5.41) is 8.72. The number of hydrogen-bond donors (Lipinski definition) is 1. The maximum absolute atomic E-state index is 10.6. The first kappa shape index (κ1) is 16.1. The van der Waals surface area contributed by atoms with Crippen molar-refractivity contribution in [3.63, 3.8) is 0 Å². The third kappa shape index (κ3) is 3.93. The molecule has 24 heavy (non-hydrogen) atoms. The molecule has 5 heteroatoms. The number of allylic oxidation sites excluding steroid dienone is 1. The fraction of sp³-hybridized carbons (Fsp3) is 0.263. The molecule has 5 nitrogen and oxygen atoms in total. The third-order valence-corrected chi connectivity index (χ3v) is 3.85. The number of pyridine rings is 1. The zero-order chi connectivity index (χ0) is 16.8. The monoisotopic (exact) mass is 325 g/mol. The van der Waals surface area contributed by atoms with Gasteiger partial charge in [0.15, 0.2) is 11.5 Å². The quantitative estimate of drug-likeness (QED) is 0.782. The summed E-state index contributed by atoms with van der Waals surface area (Å²) in [6.45, 7) is 0.250. The first-order chi connectivity index (χ1) is 11.7. The van der Waals surface area contributed by atoms with E-state index in [2.05, 4.69) is 11.1 Å². The molecule has 0 bridgehead atoms. The average molecular weight is 325 g/mol. The van der Waals surface area contributed by atoms with Crippen LogP contribution in [0.1, 0.15) is 36.8 Å². The molecule has 0 amide bonds. The van der Waals surface area contributed by atoms with Crippen LogP contribution in [0, 0.1) is 0 Å². The van der Waals surface area contributed by atoms with Crippen LogP contribution in [0.4, 0.5) is 0 Å². The van der Waals surface area contributed by atoms with Crippen LogP contribution in [0.3, 0.4) is 0 Å². The van der Waals surface area contributed by atoms with E-state index in [9.17, 15) is 4.79 Å². The molecule has 0 unspecified atom stereocenters. The lowest BCUT2D eigenvalue weighted by Gasteiger charge is -2.09. The van der Waals surface area contributed by atoms with E-state index in [1.54, 1.807) is 6.20 Å². The Bertz CT molecular complexity index is 740. The summed E-state index contributed by atoms with van der Waals surface area (Å²) in [5.41, 5.74) is 3.12. The van der Waals surface area contributed by atoms with Gasteiger partial charge in [0.2, 0.25) is 6.79 Å². The second-order valence-electron chi connectivity index (χ2n) is 5.57. The molecule has 0 spiro atoms. The normalized spacial score (nSPS) is 13.1. The van der Waals surface area contributed by atoms with E-state index in [-0.39, 0.29) is 13.2 Å². The minimum Gasteiger partial charge on any atom is -0.481 e. The Morgan fingerprint density at radius 3 is 2.83 bits per heavy atom. The highest BCUT2D eigenvalue weighted by molar-refractivity contribution is 5.80. The van der Waals surface area contributed by atoms with Gasteiger partial charge in [-0.2, -0.15) is 0 Å². The number of ether oxygens (including phenoxy) is 2. The van der Waals surface area contributed by atoms with Crippen LogP contribution in [-0.2, 0) is 4.79 Å². The molecule has 0 aliphatic carbocycles. The minimum atomic E-state index is -0.748. The predicted octanol–water partition coefficient (Wildman–Crippen LogP) is 3.89. The van der Waals surface area contributed by atoms with E-state index in [1.165, 1.54) is 0 Å². The molecule has 0 saturated heterocycles. The molecule has 2 heterocycles. The summed E-state index contributed by atoms with van der Waals surface area (Å²) in [7, 11) is 0. The van der Waals surface area contributed by atoms with Crippen LogP contribution >= 0.6 is 0 Å². The molecule has 1 aliphatic rings. The van der Waals surface area contributed by atoms with Gasteiger partial charge in [0.25, 0.3) is 0 Å². The van der Waals surface area contributed by atoms with Crippen molar-refractivity contribution in [1.29, 1.82) is 0 Å². The van der Waals surface area contributed by atoms with Gasteiger partial charge < -0.3 is 14.6 Å². The number of aromatic nitrogens is 1. The number of hydrogen-bond acceptors (Lipinski definition) is 4. The van der Waals surface area contributed by atoms with Crippen LogP contribution in [-0.4, -0.2) is 22.9 Å². The summed E-state index contributed by atoms with van der Waals surface area (Å²) in [6, 6.07) is 9.80. The Morgan fingerprint density at radius 1 is 1.17 bits per heavy atom. The molecule has 0 radical (unpaired) electrons. The highest BCUT2D eigenvalue weighted by Crippen LogP contribution is 2.36. The molecule has 2 aromatic rings. The number of fused-ring (bicyclic) bond motifs is 1. The molecular formula is C19H19NO4. The minimum absolute atomic E-state index is 0.208. The summed E-state index contributed by atoms with van der Waals surface area (Å²) in [5.74, 6) is 0.751. The topological polar surface area (TPSA) is 68.7 Å². The summed E-state index contributed by atoms with van der Waals surface area (Å²) in [4.78, 5) is 14.8. The molecule has 0 fully saturated rings. The molecule has 1 aliphatic heterocycles. The second kappa shape index (κ2) is 7.64. The van der Waals surface area contributed by atoms with Crippen LogP contribution in [0.2, 0.25) is 0 Å². The molecule has 1 aromatic heterocycles. The summed E-state index contributed by atoms with van der Waals surface area (Å²) >= 11 is 0. The van der Waals surface area contributed by atoms with E-state index < -0.39 is 5.97 Å². The molecule has 1 N–H and O–H groups in total. The fourth-order valence-corrected chi connectivity index (χ4v) is 2.66. The van der Waals surface area contributed by atoms with Crippen molar-refractivity contribution < 1.29 is 19.4 Å². The van der Waals surface area contributed by atoms with Crippen LogP contribution in [0.15, 0.2) is 48.8 Å². The highest BCUT2D eigenvalue weighted by Gasteiger charge is 2.15. The fourth-order valence-electron chi connectivity index (χ4n) is 2.66. The number of rotatable bonds is 7. The summed E-state index contributed by atoms with van der Waals surface area (Å²) < 4.78 is 10.8. The number of carboxylic acids is 1. The third-order valence-electron chi connectivity index (χ3n) is 3.85. The number of carboxylic acid groups (broad SMARTS) is 1. The molecular weight excluding hydrogens is 306 g/mol. The van der Waals surface area contributed by atoms with Gasteiger partial charge >= 0.3 is 5.97 Å². The van der Waals surface area contributed by atoms with E-state index in [1.807, 2.05) is 36.5 Å². The predicted molar refractivity (Wildman–Crippen MR) is 90.0 cm³/mol. The number of nitrogens with zero attached hydrogens (tertiary/aromatic N) is 1. The van der Waals surface area contributed by atoms with E-state index in [4.69, 9.17) is 14.6 Å². The van der Waals surface area contributed by atoms with Crippen molar-refractivity contribution >= 4 is 11.5 Å². The van der Waals surface area contributed by atoms with Gasteiger partial charge in [-0.1, -0.05) is 18.2 Å². The maximum Gasteiger partial charge on any atom is 0.303 e. The van der Waals surface area contributed by atoms with E-state index in [0.717, 1.165) is 41.0 Å². The van der Waals surface area contributed by atoms with Gasteiger partial charge in [0.1, 0.15) is 0 Å². The van der Waals surface area contributed by atoms with Crippen molar-refractivity contribution in [3.05, 3.63) is 59.9 Å². The largest absolute Gasteiger partial charge is 0.481 e. The van der Waals surface area contributed by atoms with Gasteiger partial charge in [-0.3, -0.25) is 9.78 Å². The molecule has 0 saturated carbocycles. The standard InChI is InChI=1S/C19H19NO4/c21-19(22)7-3-1-2-6-16(15-5-4-10-20-12-15)14-8-9-17-18(11-14)24-13-23-17/h4-6,8-12H,1-3,7,13H2,(H,21,22)/b16-6-. The van der Waals surface area contributed by atoms with Crippen molar-refractivity contribution in [1.82, 2.24) is 4.98 Å². The van der Waals surface area contributed by atoms with Gasteiger partial charge in [-0.05, 0) is 48.6 Å². The van der Waals surface area contributed by atoms with Crippen molar-refractivity contribution in [2.45, 2.75) is 25.7 Å². The Labute approximate surface area is 140 Å². The smallest absolute Gasteiger partial charge is 0.303 e. The molecule has 0 atom stereocenters. The second-order valence-corrected chi connectivity index (χ2v) is 5.57. The Hall–Kier alpha value is -2.82. The van der Waals surface area contributed by atoms with Crippen LogP contribution < -0.4 is 9.47 Å².